The molecule has 0 unspecified atom stereocenters. The first-order chi connectivity index (χ1) is 8.65. The largest absolute Gasteiger partial charge is 0.497 e. The Balaban J connectivity index is 3.14. The quantitative estimate of drug-likeness (QED) is 0.590. The second-order valence-corrected chi connectivity index (χ2v) is 5.26. The van der Waals surface area contributed by atoms with E-state index in [9.17, 15) is 4.79 Å². The van der Waals surface area contributed by atoms with Crippen molar-refractivity contribution in [2.24, 2.45) is 0 Å². The number of hydrogen-bond donors (Lipinski definition) is 0. The number of carbonyl (C=O) groups excluding carboxylic acids is 1. The molecule has 1 aromatic rings. The molecular formula is C13H16O3S2. The number of carbonyl (C=O) groups is 1. The van der Waals surface area contributed by atoms with Crippen molar-refractivity contribution in [3.8, 4) is 11.5 Å². The summed E-state index contributed by atoms with van der Waals surface area (Å²) < 4.78 is 11.3. The van der Waals surface area contributed by atoms with Crippen LogP contribution in [0.5, 0.6) is 11.5 Å². The van der Waals surface area contributed by atoms with Gasteiger partial charge in [0, 0.05) is 10.3 Å². The van der Waals surface area contributed by atoms with Gasteiger partial charge >= 0.3 is 0 Å². The molecule has 1 aromatic carbocycles. The Morgan fingerprint density at radius 1 is 1.17 bits per heavy atom. The number of thioether (sulfide) groups is 2. The van der Waals surface area contributed by atoms with E-state index in [2.05, 4.69) is 0 Å². The number of ether oxygens (including phenoxy) is 2. The maximum Gasteiger partial charge on any atom is 0.191 e. The molecule has 0 saturated heterocycles. The third-order valence-electron chi connectivity index (χ3n) is 2.32. The van der Waals surface area contributed by atoms with Gasteiger partial charge in [-0.15, -0.1) is 23.5 Å². The molecule has 0 aliphatic rings. The fourth-order valence-corrected chi connectivity index (χ4v) is 2.51. The van der Waals surface area contributed by atoms with Crippen molar-refractivity contribution in [3.05, 3.63) is 34.1 Å². The number of benzene rings is 1. The van der Waals surface area contributed by atoms with Crippen LogP contribution in [0.25, 0.3) is 0 Å². The number of ketones is 1. The topological polar surface area (TPSA) is 35.5 Å². The Bertz CT molecular complexity index is 450. The highest BCUT2D eigenvalue weighted by Crippen LogP contribution is 2.28. The van der Waals surface area contributed by atoms with Crippen LogP contribution >= 0.6 is 23.5 Å². The third kappa shape index (κ3) is 3.71. The van der Waals surface area contributed by atoms with Crippen LogP contribution < -0.4 is 9.47 Å². The Morgan fingerprint density at radius 2 is 1.83 bits per heavy atom. The van der Waals surface area contributed by atoms with E-state index in [0.29, 0.717) is 17.1 Å². The Morgan fingerprint density at radius 3 is 2.33 bits per heavy atom. The first-order valence-corrected chi connectivity index (χ1v) is 7.67. The molecule has 0 saturated carbocycles. The molecule has 0 aliphatic carbocycles. The second-order valence-electron chi connectivity index (χ2n) is 3.30. The fourth-order valence-electron chi connectivity index (χ4n) is 1.39. The predicted molar refractivity (Wildman–Crippen MR) is 79.0 cm³/mol. The van der Waals surface area contributed by atoms with Gasteiger partial charge in [-0.2, -0.15) is 0 Å². The lowest BCUT2D eigenvalue weighted by Gasteiger charge is -2.08. The molecular weight excluding hydrogens is 268 g/mol. The molecule has 0 atom stereocenters. The summed E-state index contributed by atoms with van der Waals surface area (Å²) in [6.07, 6.45) is 5.50. The summed E-state index contributed by atoms with van der Waals surface area (Å²) in [5, 5.41) is 0. The van der Waals surface area contributed by atoms with Crippen LogP contribution in [0.1, 0.15) is 10.4 Å². The van der Waals surface area contributed by atoms with Gasteiger partial charge < -0.3 is 9.47 Å². The SMILES string of the molecule is COc1ccc(OC)c(C(=O)C=C(SC)SC)c1. The zero-order valence-corrected chi connectivity index (χ0v) is 12.5. The number of rotatable bonds is 6. The molecule has 0 radical (unpaired) electrons. The van der Waals surface area contributed by atoms with E-state index in [-0.39, 0.29) is 5.78 Å². The van der Waals surface area contributed by atoms with Crippen LogP contribution in [0.4, 0.5) is 0 Å². The molecule has 0 aromatic heterocycles. The van der Waals surface area contributed by atoms with E-state index >= 15 is 0 Å². The van der Waals surface area contributed by atoms with Gasteiger partial charge in [-0.25, -0.2) is 0 Å². The molecule has 0 aliphatic heterocycles. The van der Waals surface area contributed by atoms with Gasteiger partial charge in [0.1, 0.15) is 11.5 Å². The first kappa shape index (κ1) is 15.0. The van der Waals surface area contributed by atoms with Crippen molar-refractivity contribution < 1.29 is 14.3 Å². The minimum absolute atomic E-state index is 0.0792. The van der Waals surface area contributed by atoms with Crippen molar-refractivity contribution in [2.75, 3.05) is 26.7 Å². The van der Waals surface area contributed by atoms with Crippen LogP contribution in [0.2, 0.25) is 0 Å². The molecule has 98 valence electrons. The molecule has 0 amide bonds. The Kier molecular flexibility index (Phi) is 6.15. The fraction of sp³-hybridized carbons (Fsp3) is 0.308. The maximum atomic E-state index is 12.2. The van der Waals surface area contributed by atoms with E-state index in [4.69, 9.17) is 9.47 Å². The van der Waals surface area contributed by atoms with Crippen LogP contribution in [0.15, 0.2) is 28.5 Å². The van der Waals surface area contributed by atoms with E-state index < -0.39 is 0 Å². The predicted octanol–water partition coefficient (Wildman–Crippen LogP) is 3.45. The van der Waals surface area contributed by atoms with Gasteiger partial charge in [0.05, 0.1) is 19.8 Å². The molecule has 3 nitrogen and oxygen atoms in total. The van der Waals surface area contributed by atoms with Crippen LogP contribution in [0, 0.1) is 0 Å². The third-order valence-corrected chi connectivity index (χ3v) is 4.36. The second kappa shape index (κ2) is 7.38. The number of allylic oxidation sites excluding steroid dienone is 1. The highest BCUT2D eigenvalue weighted by atomic mass is 32.2. The molecule has 18 heavy (non-hydrogen) atoms. The molecule has 0 bridgehead atoms. The standard InChI is InChI=1S/C13H16O3S2/c1-15-9-5-6-12(16-2)10(7-9)11(14)8-13(17-3)18-4/h5-8H,1-4H3. The zero-order valence-electron chi connectivity index (χ0n) is 10.9. The summed E-state index contributed by atoms with van der Waals surface area (Å²) in [5.74, 6) is 1.12. The molecule has 1 rings (SSSR count). The van der Waals surface area contributed by atoms with Gasteiger partial charge in [0.2, 0.25) is 0 Å². The Hall–Kier alpha value is -1.07. The lowest BCUT2D eigenvalue weighted by Crippen LogP contribution is -2.00. The van der Waals surface area contributed by atoms with E-state index in [0.717, 1.165) is 4.24 Å². The monoisotopic (exact) mass is 284 g/mol. The number of hydrogen-bond acceptors (Lipinski definition) is 5. The van der Waals surface area contributed by atoms with E-state index in [1.54, 1.807) is 62.0 Å². The van der Waals surface area contributed by atoms with Gasteiger partial charge in [-0.3, -0.25) is 4.79 Å². The van der Waals surface area contributed by atoms with E-state index in [1.807, 2.05) is 12.5 Å². The maximum absolute atomic E-state index is 12.2. The van der Waals surface area contributed by atoms with Gasteiger partial charge in [0.25, 0.3) is 0 Å². The van der Waals surface area contributed by atoms with Crippen molar-refractivity contribution in [1.29, 1.82) is 0 Å². The van der Waals surface area contributed by atoms with Crippen LogP contribution in [-0.2, 0) is 0 Å². The normalized spacial score (nSPS) is 9.78. The minimum Gasteiger partial charge on any atom is -0.497 e. The van der Waals surface area contributed by atoms with Gasteiger partial charge in [0.15, 0.2) is 5.78 Å². The number of methoxy groups -OCH3 is 2. The van der Waals surface area contributed by atoms with Gasteiger partial charge in [-0.1, -0.05) is 0 Å². The minimum atomic E-state index is -0.0792. The smallest absolute Gasteiger partial charge is 0.191 e. The molecule has 0 N–H and O–H groups in total. The van der Waals surface area contributed by atoms with Crippen molar-refractivity contribution in [3.63, 3.8) is 0 Å². The molecule has 0 fully saturated rings. The van der Waals surface area contributed by atoms with Crippen molar-refractivity contribution >= 4 is 29.3 Å². The summed E-state index contributed by atoms with van der Waals surface area (Å²) in [5.41, 5.74) is 0.512. The average molecular weight is 284 g/mol. The van der Waals surface area contributed by atoms with E-state index in [1.165, 1.54) is 0 Å². The highest BCUT2D eigenvalue weighted by molar-refractivity contribution is 8.21. The lowest BCUT2D eigenvalue weighted by molar-refractivity contribution is 0.104. The highest BCUT2D eigenvalue weighted by Gasteiger charge is 2.12. The summed E-state index contributed by atoms with van der Waals surface area (Å²) in [6, 6.07) is 5.19. The van der Waals surface area contributed by atoms with Crippen LogP contribution in [0.3, 0.4) is 0 Å². The van der Waals surface area contributed by atoms with Crippen molar-refractivity contribution in [2.45, 2.75) is 0 Å². The summed E-state index contributed by atoms with van der Waals surface area (Å²) >= 11 is 3.09. The van der Waals surface area contributed by atoms with Crippen LogP contribution in [-0.4, -0.2) is 32.5 Å². The van der Waals surface area contributed by atoms with Crippen molar-refractivity contribution in [1.82, 2.24) is 0 Å². The zero-order chi connectivity index (χ0) is 13.5. The first-order valence-electron chi connectivity index (χ1n) is 5.22. The Labute approximate surface area is 116 Å². The average Bonchev–Trinajstić information content (AvgIpc) is 2.43. The summed E-state index contributed by atoms with van der Waals surface area (Å²) in [7, 11) is 3.12. The lowest BCUT2D eigenvalue weighted by atomic mass is 10.1. The molecule has 0 spiro atoms. The van der Waals surface area contributed by atoms with Gasteiger partial charge in [-0.05, 0) is 30.7 Å². The molecule has 0 heterocycles. The summed E-state index contributed by atoms with van der Waals surface area (Å²) in [6.45, 7) is 0. The summed E-state index contributed by atoms with van der Waals surface area (Å²) in [4.78, 5) is 12.2. The molecule has 5 heteroatoms.